The molecule has 30 heavy (non-hydrogen) atoms. The maximum atomic E-state index is 12.4. The van der Waals surface area contributed by atoms with Crippen molar-refractivity contribution < 1.29 is 22.7 Å². The van der Waals surface area contributed by atoms with E-state index in [4.69, 9.17) is 9.47 Å². The summed E-state index contributed by atoms with van der Waals surface area (Å²) in [5.74, 6) is 1.17. The predicted octanol–water partition coefficient (Wildman–Crippen LogP) is 2.95. The van der Waals surface area contributed by atoms with Crippen molar-refractivity contribution in [3.8, 4) is 11.5 Å². The monoisotopic (exact) mass is 432 g/mol. The van der Waals surface area contributed by atoms with E-state index in [1.807, 2.05) is 25.1 Å². The minimum absolute atomic E-state index is 0.0750. The van der Waals surface area contributed by atoms with E-state index in [0.29, 0.717) is 24.3 Å². The quantitative estimate of drug-likeness (QED) is 0.602. The van der Waals surface area contributed by atoms with Crippen LogP contribution in [-0.4, -0.2) is 34.6 Å². The zero-order chi connectivity index (χ0) is 21.7. The van der Waals surface area contributed by atoms with E-state index >= 15 is 0 Å². The third-order valence-electron chi connectivity index (χ3n) is 5.06. The van der Waals surface area contributed by atoms with Crippen LogP contribution >= 0.6 is 0 Å². The van der Waals surface area contributed by atoms with Gasteiger partial charge in [0.1, 0.15) is 0 Å². The highest BCUT2D eigenvalue weighted by Crippen LogP contribution is 2.30. The van der Waals surface area contributed by atoms with Crippen LogP contribution < -0.4 is 19.5 Å². The van der Waals surface area contributed by atoms with Gasteiger partial charge in [0.05, 0.1) is 25.2 Å². The van der Waals surface area contributed by atoms with Gasteiger partial charge in [-0.2, -0.15) is 0 Å². The van der Waals surface area contributed by atoms with Crippen LogP contribution in [0, 0.1) is 0 Å². The molecule has 1 amide bonds. The van der Waals surface area contributed by atoms with Crippen molar-refractivity contribution in [2.24, 2.45) is 0 Å². The Bertz CT molecular complexity index is 985. The number of benzene rings is 2. The Hall–Kier alpha value is -2.58. The van der Waals surface area contributed by atoms with Crippen LogP contribution in [0.2, 0.25) is 0 Å². The van der Waals surface area contributed by atoms with Crippen molar-refractivity contribution in [3.05, 3.63) is 53.6 Å². The molecular weight excluding hydrogens is 404 g/mol. The SMILES string of the molecule is COc1ccc(C(C)NC(=O)CCc2ccc(S(=O)(=O)NC3CC3)cc2)cc1OC. The first-order chi connectivity index (χ1) is 14.3. The van der Waals surface area contributed by atoms with E-state index in [0.717, 1.165) is 24.0 Å². The number of ether oxygens (including phenoxy) is 2. The van der Waals surface area contributed by atoms with Gasteiger partial charge in [-0.3, -0.25) is 4.79 Å². The Morgan fingerprint density at radius 1 is 1.07 bits per heavy atom. The molecule has 8 heteroatoms. The summed E-state index contributed by atoms with van der Waals surface area (Å²) in [7, 11) is -0.300. The molecule has 162 valence electrons. The molecule has 1 unspecified atom stereocenters. The molecule has 1 aliphatic carbocycles. The van der Waals surface area contributed by atoms with Crippen LogP contribution in [0.5, 0.6) is 11.5 Å². The topological polar surface area (TPSA) is 93.7 Å². The van der Waals surface area contributed by atoms with Crippen molar-refractivity contribution in [1.82, 2.24) is 10.0 Å². The standard InChI is InChI=1S/C22H28N2O5S/c1-15(17-7-12-20(28-2)21(14-17)29-3)23-22(25)13-6-16-4-10-19(11-5-16)30(26,27)24-18-8-9-18/h4-5,7,10-12,14-15,18,24H,6,8-9,13H2,1-3H3,(H,23,25). The van der Waals surface area contributed by atoms with Crippen LogP contribution in [0.4, 0.5) is 0 Å². The molecule has 0 radical (unpaired) electrons. The number of methoxy groups -OCH3 is 2. The van der Waals surface area contributed by atoms with Gasteiger partial charge < -0.3 is 14.8 Å². The summed E-state index contributed by atoms with van der Waals surface area (Å²) in [5.41, 5.74) is 1.83. The van der Waals surface area contributed by atoms with Gasteiger partial charge in [-0.1, -0.05) is 18.2 Å². The van der Waals surface area contributed by atoms with E-state index in [1.165, 1.54) is 0 Å². The molecule has 1 fully saturated rings. The fourth-order valence-corrected chi connectivity index (χ4v) is 4.41. The highest BCUT2D eigenvalue weighted by Gasteiger charge is 2.27. The predicted molar refractivity (Wildman–Crippen MR) is 114 cm³/mol. The van der Waals surface area contributed by atoms with Gasteiger partial charge in [-0.05, 0) is 61.6 Å². The van der Waals surface area contributed by atoms with Gasteiger partial charge in [0, 0.05) is 12.5 Å². The molecule has 1 aliphatic rings. The fourth-order valence-electron chi connectivity index (χ4n) is 3.10. The van der Waals surface area contributed by atoms with Gasteiger partial charge in [0.15, 0.2) is 11.5 Å². The average Bonchev–Trinajstić information content (AvgIpc) is 3.55. The average molecular weight is 433 g/mol. The Morgan fingerprint density at radius 3 is 2.33 bits per heavy atom. The third-order valence-corrected chi connectivity index (χ3v) is 6.60. The molecular formula is C22H28N2O5S. The molecule has 3 rings (SSSR count). The number of hydrogen-bond donors (Lipinski definition) is 2. The lowest BCUT2D eigenvalue weighted by Gasteiger charge is -2.16. The molecule has 0 bridgehead atoms. The fraction of sp³-hybridized carbons (Fsp3) is 0.409. The Kier molecular flexibility index (Phi) is 6.99. The summed E-state index contributed by atoms with van der Waals surface area (Å²) >= 11 is 0. The molecule has 0 spiro atoms. The van der Waals surface area contributed by atoms with Gasteiger partial charge in [-0.25, -0.2) is 13.1 Å². The Morgan fingerprint density at radius 2 is 1.73 bits per heavy atom. The maximum absolute atomic E-state index is 12.4. The van der Waals surface area contributed by atoms with Gasteiger partial charge in [-0.15, -0.1) is 0 Å². The van der Waals surface area contributed by atoms with Gasteiger partial charge >= 0.3 is 0 Å². The van der Waals surface area contributed by atoms with Crippen molar-refractivity contribution in [3.63, 3.8) is 0 Å². The number of carbonyl (C=O) groups excluding carboxylic acids is 1. The molecule has 7 nitrogen and oxygen atoms in total. The first-order valence-electron chi connectivity index (χ1n) is 9.95. The molecule has 0 aliphatic heterocycles. The first-order valence-corrected chi connectivity index (χ1v) is 11.4. The highest BCUT2D eigenvalue weighted by atomic mass is 32.2. The van der Waals surface area contributed by atoms with E-state index in [-0.39, 0.29) is 22.9 Å². The second-order valence-electron chi connectivity index (χ2n) is 7.44. The summed E-state index contributed by atoms with van der Waals surface area (Å²) in [6, 6.07) is 12.1. The van der Waals surface area contributed by atoms with Crippen LogP contribution in [0.1, 0.15) is 43.4 Å². The minimum atomic E-state index is -3.45. The summed E-state index contributed by atoms with van der Waals surface area (Å²) in [4.78, 5) is 12.6. The first kappa shape index (κ1) is 22.1. The second kappa shape index (κ2) is 9.49. The van der Waals surface area contributed by atoms with Crippen molar-refractivity contribution >= 4 is 15.9 Å². The highest BCUT2D eigenvalue weighted by molar-refractivity contribution is 7.89. The molecule has 1 atom stereocenters. The summed E-state index contributed by atoms with van der Waals surface area (Å²) in [5, 5.41) is 2.98. The van der Waals surface area contributed by atoms with Crippen molar-refractivity contribution in [2.45, 2.75) is 49.6 Å². The lowest BCUT2D eigenvalue weighted by Crippen LogP contribution is -2.27. The smallest absolute Gasteiger partial charge is 0.240 e. The minimum Gasteiger partial charge on any atom is -0.493 e. The molecule has 2 N–H and O–H groups in total. The third kappa shape index (κ3) is 5.73. The lowest BCUT2D eigenvalue weighted by atomic mass is 10.1. The van der Waals surface area contributed by atoms with Crippen LogP contribution in [0.25, 0.3) is 0 Å². The number of nitrogens with one attached hydrogen (secondary N) is 2. The Labute approximate surface area is 177 Å². The normalized spacial score (nSPS) is 14.8. The maximum Gasteiger partial charge on any atom is 0.240 e. The zero-order valence-electron chi connectivity index (χ0n) is 17.5. The Balaban J connectivity index is 1.52. The molecule has 1 saturated carbocycles. The number of aryl methyl sites for hydroxylation is 1. The van der Waals surface area contributed by atoms with Crippen molar-refractivity contribution in [1.29, 1.82) is 0 Å². The van der Waals surface area contributed by atoms with E-state index < -0.39 is 10.0 Å². The number of rotatable bonds is 10. The summed E-state index contributed by atoms with van der Waals surface area (Å²) in [6.45, 7) is 1.91. The van der Waals surface area contributed by atoms with Crippen molar-refractivity contribution in [2.75, 3.05) is 14.2 Å². The largest absolute Gasteiger partial charge is 0.493 e. The van der Waals surface area contributed by atoms with Gasteiger partial charge in [0.2, 0.25) is 15.9 Å². The number of sulfonamides is 1. The van der Waals surface area contributed by atoms with E-state index in [2.05, 4.69) is 10.0 Å². The molecule has 0 heterocycles. The number of carbonyl (C=O) groups is 1. The number of hydrogen-bond acceptors (Lipinski definition) is 5. The van der Waals surface area contributed by atoms with Crippen LogP contribution in [-0.2, 0) is 21.2 Å². The van der Waals surface area contributed by atoms with Crippen LogP contribution in [0.3, 0.4) is 0 Å². The summed E-state index contributed by atoms with van der Waals surface area (Å²) in [6.07, 6.45) is 2.63. The van der Waals surface area contributed by atoms with Gasteiger partial charge in [0.25, 0.3) is 0 Å². The molecule has 2 aromatic carbocycles. The van der Waals surface area contributed by atoms with E-state index in [1.54, 1.807) is 38.5 Å². The van der Waals surface area contributed by atoms with E-state index in [9.17, 15) is 13.2 Å². The zero-order valence-corrected chi connectivity index (χ0v) is 18.3. The number of amides is 1. The summed E-state index contributed by atoms with van der Waals surface area (Å²) < 4.78 is 37.6. The molecule has 2 aromatic rings. The van der Waals surface area contributed by atoms with Crippen LogP contribution in [0.15, 0.2) is 47.4 Å². The molecule has 0 aromatic heterocycles. The molecule has 0 saturated heterocycles. The lowest BCUT2D eigenvalue weighted by molar-refractivity contribution is -0.121. The second-order valence-corrected chi connectivity index (χ2v) is 9.16.